The molecule has 3 aliphatic rings. The summed E-state index contributed by atoms with van der Waals surface area (Å²) in [4.78, 5) is 45.9. The maximum absolute atomic E-state index is 14.1. The lowest BCUT2D eigenvalue weighted by Gasteiger charge is -2.48. The summed E-state index contributed by atoms with van der Waals surface area (Å²) in [5, 5.41) is 0.191. The van der Waals surface area contributed by atoms with E-state index >= 15 is 0 Å². The number of hydrogen-bond donors (Lipinski definition) is 0. The molecule has 0 spiro atoms. The van der Waals surface area contributed by atoms with Crippen molar-refractivity contribution in [3.8, 4) is 11.5 Å². The number of likely N-dealkylation sites (tertiary alicyclic amines) is 1. The molecule has 3 aromatic rings. The number of methoxy groups -OCH3 is 1. The molecule has 2 saturated heterocycles. The summed E-state index contributed by atoms with van der Waals surface area (Å²) in [6, 6.07) is 20.9. The predicted octanol–water partition coefficient (Wildman–Crippen LogP) is 3.30. The maximum Gasteiger partial charge on any atom is 0.250 e. The highest BCUT2D eigenvalue weighted by atomic mass is 32.1. The zero-order chi connectivity index (χ0) is 30.3. The van der Waals surface area contributed by atoms with Crippen molar-refractivity contribution < 1.29 is 19.1 Å². The largest absolute Gasteiger partial charge is 0.493 e. The highest BCUT2D eigenvalue weighted by Crippen LogP contribution is 2.40. The summed E-state index contributed by atoms with van der Waals surface area (Å²) < 4.78 is 13.6. The molecule has 0 radical (unpaired) electrons. The van der Waals surface area contributed by atoms with Crippen LogP contribution in [0.15, 0.2) is 71.5 Å². The number of carbonyl (C=O) groups is 2. The van der Waals surface area contributed by atoms with Crippen LogP contribution in [-0.4, -0.2) is 77.0 Å². The molecule has 10 heteroatoms. The standard InChI is InChI=1S/C33H36N4O5S/c1-34-30(39)33(31(40)35(2)32(34)43,21-36-17-24-14-25(19-36)26-10-7-11-29(38)37(26)18-24)16-23-12-13-27(28(15-23)41-3)42-20-22-8-5-4-6-9-22/h4-13,15,24-25H,14,16-21H2,1-3H3/t24-,25?/m1/s1. The van der Waals surface area contributed by atoms with Crippen molar-refractivity contribution in [2.24, 2.45) is 11.3 Å². The highest BCUT2D eigenvalue weighted by Gasteiger charge is 2.55. The van der Waals surface area contributed by atoms with Crippen molar-refractivity contribution in [1.82, 2.24) is 19.3 Å². The summed E-state index contributed by atoms with van der Waals surface area (Å²) in [6.07, 6.45) is 1.17. The fourth-order valence-electron chi connectivity index (χ4n) is 7.01. The molecule has 9 nitrogen and oxygen atoms in total. The van der Waals surface area contributed by atoms with E-state index in [9.17, 15) is 14.4 Å². The summed E-state index contributed by atoms with van der Waals surface area (Å²) in [5.41, 5.74) is 1.48. The highest BCUT2D eigenvalue weighted by molar-refractivity contribution is 7.80. The molecule has 1 aromatic heterocycles. The Bertz CT molecular complexity index is 1600. The van der Waals surface area contributed by atoms with Crippen LogP contribution in [0.3, 0.4) is 0 Å². The van der Waals surface area contributed by atoms with Gasteiger partial charge in [-0.15, -0.1) is 0 Å². The zero-order valence-electron chi connectivity index (χ0n) is 24.7. The van der Waals surface area contributed by atoms with Gasteiger partial charge in [0.05, 0.1) is 7.11 Å². The van der Waals surface area contributed by atoms with Crippen molar-refractivity contribution in [3.05, 3.63) is 93.9 Å². The second-order valence-corrected chi connectivity index (χ2v) is 12.3. The monoisotopic (exact) mass is 600 g/mol. The number of aromatic nitrogens is 1. The van der Waals surface area contributed by atoms with Crippen LogP contribution in [-0.2, 0) is 29.2 Å². The molecule has 2 bridgehead atoms. The van der Waals surface area contributed by atoms with E-state index < -0.39 is 5.41 Å². The van der Waals surface area contributed by atoms with Gasteiger partial charge in [0, 0.05) is 58.0 Å². The number of amides is 2. The lowest BCUT2D eigenvalue weighted by Crippen LogP contribution is -2.67. The normalized spacial score (nSPS) is 21.5. The molecule has 2 amide bonds. The zero-order valence-corrected chi connectivity index (χ0v) is 25.5. The van der Waals surface area contributed by atoms with Crippen LogP contribution >= 0.6 is 12.2 Å². The van der Waals surface area contributed by atoms with E-state index in [0.717, 1.165) is 23.2 Å². The van der Waals surface area contributed by atoms with Crippen molar-refractivity contribution >= 4 is 29.1 Å². The van der Waals surface area contributed by atoms with Crippen LogP contribution in [0, 0.1) is 11.3 Å². The molecule has 2 aromatic carbocycles. The number of thiocarbonyl (C=S) groups is 1. The number of hydrogen-bond acceptors (Lipinski definition) is 7. The predicted molar refractivity (Wildman–Crippen MR) is 166 cm³/mol. The molecule has 0 saturated carbocycles. The van der Waals surface area contributed by atoms with Crippen LogP contribution in [0.4, 0.5) is 0 Å². The van der Waals surface area contributed by atoms with Gasteiger partial charge in [-0.3, -0.25) is 24.2 Å². The molecule has 6 rings (SSSR count). The molecule has 2 atom stereocenters. The van der Waals surface area contributed by atoms with E-state index in [4.69, 9.17) is 21.7 Å². The summed E-state index contributed by atoms with van der Waals surface area (Å²) in [7, 11) is 4.85. The third kappa shape index (κ3) is 5.34. The number of piperidine rings is 1. The van der Waals surface area contributed by atoms with E-state index in [1.54, 1.807) is 27.3 Å². The number of rotatable bonds is 8. The smallest absolute Gasteiger partial charge is 0.250 e. The lowest BCUT2D eigenvalue weighted by molar-refractivity contribution is -0.157. The first-order valence-corrected chi connectivity index (χ1v) is 15.0. The molecule has 0 aliphatic carbocycles. The van der Waals surface area contributed by atoms with E-state index in [2.05, 4.69) is 4.90 Å². The fourth-order valence-corrected chi connectivity index (χ4v) is 7.17. The van der Waals surface area contributed by atoms with Crippen molar-refractivity contribution in [2.75, 3.05) is 40.8 Å². The Balaban J connectivity index is 1.30. The molecule has 43 heavy (non-hydrogen) atoms. The molecule has 2 fully saturated rings. The van der Waals surface area contributed by atoms with Crippen molar-refractivity contribution in [3.63, 3.8) is 0 Å². The van der Waals surface area contributed by atoms with E-state index in [1.165, 1.54) is 9.80 Å². The molecular formula is C33H36N4O5S. The number of benzene rings is 2. The Morgan fingerprint density at radius 1 is 0.860 bits per heavy atom. The van der Waals surface area contributed by atoms with Gasteiger partial charge in [-0.25, -0.2) is 0 Å². The Labute approximate surface area is 256 Å². The first kappa shape index (κ1) is 29.1. The summed E-state index contributed by atoms with van der Waals surface area (Å²) in [6.45, 7) is 2.64. The van der Waals surface area contributed by atoms with Crippen LogP contribution in [0.5, 0.6) is 11.5 Å². The second kappa shape index (κ2) is 11.6. The molecule has 1 unspecified atom stereocenters. The number of fused-ring (bicyclic) bond motifs is 4. The van der Waals surface area contributed by atoms with Gasteiger partial charge >= 0.3 is 0 Å². The average molecular weight is 601 g/mol. The third-order valence-corrected chi connectivity index (χ3v) is 9.57. The quantitative estimate of drug-likeness (QED) is 0.290. The molecule has 3 aliphatic heterocycles. The van der Waals surface area contributed by atoms with Gasteiger partial charge in [0.15, 0.2) is 16.6 Å². The van der Waals surface area contributed by atoms with Crippen LogP contribution in [0.1, 0.15) is 29.2 Å². The minimum absolute atomic E-state index is 0.0247. The molecule has 4 heterocycles. The average Bonchev–Trinajstić information content (AvgIpc) is 3.02. The lowest BCUT2D eigenvalue weighted by atomic mass is 9.75. The SMILES string of the molecule is COc1cc(CC2(CN3CC4C[C@H](C3)Cn3c4cccc3=O)C(=O)N(C)C(=S)N(C)C2=O)ccc1OCc1ccccc1. The minimum Gasteiger partial charge on any atom is -0.493 e. The first-order valence-electron chi connectivity index (χ1n) is 14.6. The topological polar surface area (TPSA) is 84.3 Å². The van der Waals surface area contributed by atoms with Gasteiger partial charge < -0.3 is 18.9 Å². The third-order valence-electron chi connectivity index (χ3n) is 9.02. The van der Waals surface area contributed by atoms with Crippen molar-refractivity contribution in [1.29, 1.82) is 0 Å². The van der Waals surface area contributed by atoms with Crippen LogP contribution in [0.2, 0.25) is 0 Å². The van der Waals surface area contributed by atoms with Crippen molar-refractivity contribution in [2.45, 2.75) is 31.9 Å². The fraction of sp³-hybridized carbons (Fsp3) is 0.394. The van der Waals surface area contributed by atoms with Gasteiger partial charge in [-0.05, 0) is 60.3 Å². The first-order chi connectivity index (χ1) is 20.7. The number of pyridine rings is 1. The Kier molecular flexibility index (Phi) is 7.83. The Morgan fingerprint density at radius 3 is 2.33 bits per heavy atom. The van der Waals surface area contributed by atoms with Crippen LogP contribution < -0.4 is 15.0 Å². The van der Waals surface area contributed by atoms with Gasteiger partial charge in [0.2, 0.25) is 11.8 Å². The van der Waals surface area contributed by atoms with Gasteiger partial charge in [0.25, 0.3) is 5.56 Å². The van der Waals surface area contributed by atoms with E-state index in [1.807, 2.05) is 65.2 Å². The number of nitrogens with zero attached hydrogens (tertiary/aromatic N) is 4. The van der Waals surface area contributed by atoms with Gasteiger partial charge in [0.1, 0.15) is 12.0 Å². The second-order valence-electron chi connectivity index (χ2n) is 11.9. The van der Waals surface area contributed by atoms with Crippen LogP contribution in [0.25, 0.3) is 0 Å². The minimum atomic E-state index is -1.38. The molecule has 224 valence electrons. The van der Waals surface area contributed by atoms with E-state index in [-0.39, 0.29) is 47.3 Å². The maximum atomic E-state index is 14.1. The van der Waals surface area contributed by atoms with Gasteiger partial charge in [-0.1, -0.05) is 42.5 Å². The molecular weight excluding hydrogens is 564 g/mol. The van der Waals surface area contributed by atoms with Gasteiger partial charge in [-0.2, -0.15) is 0 Å². The summed E-state index contributed by atoms with van der Waals surface area (Å²) in [5.74, 6) is 0.914. The van der Waals surface area contributed by atoms with E-state index in [0.29, 0.717) is 37.7 Å². The number of ether oxygens (including phenoxy) is 2. The molecule has 0 N–H and O–H groups in total. The number of carbonyl (C=O) groups excluding carboxylic acids is 2. The summed E-state index contributed by atoms with van der Waals surface area (Å²) >= 11 is 5.45. The Morgan fingerprint density at radius 2 is 1.60 bits per heavy atom. The Hall–Kier alpha value is -4.02.